The molecule has 1 atom stereocenters. The van der Waals surface area contributed by atoms with E-state index in [1.165, 1.54) is 24.3 Å². The number of nitrogen functional groups attached to an aromatic ring is 1. The van der Waals surface area contributed by atoms with Gasteiger partial charge in [-0.05, 0) is 48.5 Å². The molecule has 0 saturated carbocycles. The van der Waals surface area contributed by atoms with Crippen LogP contribution in [0, 0.1) is 0 Å². The molecule has 3 N–H and O–H groups in total. The second-order valence-electron chi connectivity index (χ2n) is 12.3. The third-order valence-electron chi connectivity index (χ3n) is 8.59. The number of carbonyl (C=O) groups is 4. The summed E-state index contributed by atoms with van der Waals surface area (Å²) in [6.45, 7) is -0.953. The van der Waals surface area contributed by atoms with Crippen LogP contribution in [-0.4, -0.2) is 102 Å². The molecule has 0 spiro atoms. The molecular formula is C33H23N6Na3O17S4. The average molecular weight is 973 g/mol. The van der Waals surface area contributed by atoms with Crippen molar-refractivity contribution in [1.82, 2.24) is 0 Å². The fourth-order valence-corrected chi connectivity index (χ4v) is 8.67. The Morgan fingerprint density at radius 2 is 1.37 bits per heavy atom. The molecule has 4 aromatic carbocycles. The van der Waals surface area contributed by atoms with Gasteiger partial charge in [-0.2, -0.15) is 20.3 Å². The van der Waals surface area contributed by atoms with Gasteiger partial charge in [-0.1, -0.05) is 24.3 Å². The first-order valence-electron chi connectivity index (χ1n) is 16.3. The van der Waals surface area contributed by atoms with Crippen LogP contribution in [0.4, 0.5) is 28.4 Å². The number of amides is 1. The zero-order chi connectivity index (χ0) is 44.1. The summed E-state index contributed by atoms with van der Waals surface area (Å²) in [6.07, 6.45) is 0. The van der Waals surface area contributed by atoms with Crippen LogP contribution in [0.5, 0.6) is 0 Å². The van der Waals surface area contributed by atoms with Gasteiger partial charge in [-0.15, -0.1) is 0 Å². The number of benzene rings is 4. The Balaban J connectivity index is 0.00000352. The fourth-order valence-electron chi connectivity index (χ4n) is 5.90. The number of azo groups is 1. The van der Waals surface area contributed by atoms with Gasteiger partial charge in [0, 0.05) is 11.1 Å². The summed E-state index contributed by atoms with van der Waals surface area (Å²) in [6, 6.07) is 10.9. The van der Waals surface area contributed by atoms with Crippen molar-refractivity contribution in [2.24, 2.45) is 15.3 Å². The van der Waals surface area contributed by atoms with E-state index in [9.17, 15) is 66.5 Å². The van der Waals surface area contributed by atoms with E-state index < -0.39 is 132 Å². The van der Waals surface area contributed by atoms with Crippen molar-refractivity contribution in [3.05, 3.63) is 95.1 Å². The standard InChI is InChI=1S/C33H26N6O17S4.3Na/c1-55-33(43)29-28(37-36-16-6-9-18(10-7-16)57(44,45)13-12-56-60(52,53)54)32(42)39(38-29)17-8-11-21(23(14-17)58(46,47)48)35-22-15-24(59(49,50)51)27(34)26-25(22)30(40)19-4-2-3-5-20(19)31(26)41;;;/h2-11,14-15,28,35H,12-13,34H2,1H3,(H,46,47,48)(H,49,50,51)(H,52,53,54);;;/q;3*+1/p-3. The van der Waals surface area contributed by atoms with E-state index in [0.717, 1.165) is 43.5 Å². The molecule has 63 heavy (non-hydrogen) atoms. The minimum Gasteiger partial charge on any atom is -0.744 e. The number of carbonyl (C=O) groups excluding carboxylic acids is 4. The number of ketones is 2. The number of hydrogen-bond donors (Lipinski definition) is 2. The normalized spacial score (nSPS) is 15.0. The second kappa shape index (κ2) is 20.5. The van der Waals surface area contributed by atoms with Crippen molar-refractivity contribution >= 4 is 98.1 Å². The molecule has 30 heteroatoms. The summed E-state index contributed by atoms with van der Waals surface area (Å²) >= 11 is 0. The van der Waals surface area contributed by atoms with Gasteiger partial charge < -0.3 is 29.4 Å². The van der Waals surface area contributed by atoms with Crippen LogP contribution in [-0.2, 0) is 59.0 Å². The Labute approximate surface area is 424 Å². The minimum absolute atomic E-state index is 0. The Hall–Kier alpha value is -3.33. The van der Waals surface area contributed by atoms with Crippen LogP contribution in [0.15, 0.2) is 103 Å². The molecule has 1 amide bonds. The molecule has 0 aromatic heterocycles. The van der Waals surface area contributed by atoms with Gasteiger partial charge in [0.15, 0.2) is 27.1 Å². The van der Waals surface area contributed by atoms with E-state index in [1.807, 2.05) is 0 Å². The van der Waals surface area contributed by atoms with E-state index >= 15 is 0 Å². The molecule has 314 valence electrons. The number of hydrazone groups is 1. The molecule has 4 aromatic rings. The number of sulfone groups is 1. The van der Waals surface area contributed by atoms with E-state index in [2.05, 4.69) is 29.6 Å². The number of hydrogen-bond acceptors (Lipinski definition) is 22. The summed E-state index contributed by atoms with van der Waals surface area (Å²) in [7, 11) is -19.4. The predicted octanol–water partition coefficient (Wildman–Crippen LogP) is -8.11. The van der Waals surface area contributed by atoms with Crippen molar-refractivity contribution in [3.63, 3.8) is 0 Å². The van der Waals surface area contributed by atoms with Crippen molar-refractivity contribution in [3.8, 4) is 0 Å². The molecule has 0 radical (unpaired) electrons. The van der Waals surface area contributed by atoms with Gasteiger partial charge in [0.05, 0.1) is 73.7 Å². The zero-order valence-electron chi connectivity index (χ0n) is 32.9. The number of fused-ring (bicyclic) bond motifs is 2. The van der Waals surface area contributed by atoms with E-state index in [-0.39, 0.29) is 110 Å². The molecule has 0 saturated heterocycles. The zero-order valence-corrected chi connectivity index (χ0v) is 42.1. The topological polar surface area (TPSA) is 371 Å². The summed E-state index contributed by atoms with van der Waals surface area (Å²) in [5.41, 5.74) is 1.03. The van der Waals surface area contributed by atoms with Gasteiger partial charge in [0.25, 0.3) is 5.91 Å². The van der Waals surface area contributed by atoms with E-state index in [1.54, 1.807) is 0 Å². The first kappa shape index (κ1) is 54.0. The Morgan fingerprint density at radius 1 is 0.794 bits per heavy atom. The third-order valence-corrected chi connectivity index (χ3v) is 12.5. The second-order valence-corrected chi connectivity index (χ2v) is 18.1. The van der Waals surface area contributed by atoms with Crippen LogP contribution in [0.3, 0.4) is 0 Å². The number of anilines is 4. The number of nitrogens with two attached hydrogens (primary N) is 1. The summed E-state index contributed by atoms with van der Waals surface area (Å²) < 4.78 is 140. The number of methoxy groups -OCH3 is 1. The van der Waals surface area contributed by atoms with Gasteiger partial charge >= 0.3 is 94.6 Å². The first-order valence-corrected chi connectivity index (χ1v) is 22.1. The maximum Gasteiger partial charge on any atom is 1.00 e. The number of esters is 1. The number of nitrogens with zero attached hydrogens (tertiary/aromatic N) is 4. The number of rotatable bonds is 13. The average Bonchev–Trinajstić information content (AvgIpc) is 3.50. The molecule has 0 bridgehead atoms. The van der Waals surface area contributed by atoms with Crippen LogP contribution in [0.25, 0.3) is 0 Å². The van der Waals surface area contributed by atoms with Gasteiger partial charge in [-0.3, -0.25) is 18.6 Å². The summed E-state index contributed by atoms with van der Waals surface area (Å²) in [5.74, 6) is -5.06. The largest absolute Gasteiger partial charge is 1.00 e. The molecule has 2 aliphatic rings. The van der Waals surface area contributed by atoms with Crippen molar-refractivity contribution < 1.29 is 164 Å². The molecule has 1 heterocycles. The van der Waals surface area contributed by atoms with E-state index in [4.69, 9.17) is 5.73 Å². The SMILES string of the molecule is COC(=O)C1=NN(c2ccc(Nc3cc(S(=O)(=O)[O-])c(N)c4c3C(=O)c3ccccc3C4=O)c(S(=O)(=O)[O-])c2)C(=O)C1N=Nc1ccc(S(=O)(=O)CCOS(=O)(=O)[O-])cc1.[Na+].[Na+].[Na+]. The summed E-state index contributed by atoms with van der Waals surface area (Å²) in [5, 5.41) is 14.4. The van der Waals surface area contributed by atoms with Gasteiger partial charge in [0.1, 0.15) is 20.2 Å². The maximum absolute atomic E-state index is 13.7. The Bertz CT molecular complexity index is 3080. The molecule has 23 nitrogen and oxygen atoms in total. The number of nitrogens with one attached hydrogen (secondary N) is 1. The fraction of sp³-hybridized carbons (Fsp3) is 0.121. The van der Waals surface area contributed by atoms with Gasteiger partial charge in [-0.25, -0.2) is 38.5 Å². The molecule has 1 unspecified atom stereocenters. The third kappa shape index (κ3) is 11.6. The van der Waals surface area contributed by atoms with Gasteiger partial charge in [0.2, 0.25) is 16.4 Å². The number of ether oxygens (including phenoxy) is 1. The monoisotopic (exact) mass is 972 g/mol. The Kier molecular flexibility index (Phi) is 17.5. The molecular weight excluding hydrogens is 950 g/mol. The van der Waals surface area contributed by atoms with Crippen LogP contribution in [0.2, 0.25) is 0 Å². The summed E-state index contributed by atoms with van der Waals surface area (Å²) in [4.78, 5) is 50.9. The Morgan fingerprint density at radius 3 is 1.90 bits per heavy atom. The smallest absolute Gasteiger partial charge is 0.744 e. The van der Waals surface area contributed by atoms with Crippen molar-refractivity contribution in [2.45, 2.75) is 20.7 Å². The quantitative estimate of drug-likeness (QED) is 0.0276. The minimum atomic E-state index is -5.56. The molecule has 1 aliphatic heterocycles. The van der Waals surface area contributed by atoms with Crippen LogP contribution >= 0.6 is 0 Å². The molecule has 6 rings (SSSR count). The van der Waals surface area contributed by atoms with Crippen molar-refractivity contribution in [1.29, 1.82) is 0 Å². The molecule has 1 aliphatic carbocycles. The van der Waals surface area contributed by atoms with E-state index in [0.29, 0.717) is 17.1 Å². The predicted molar refractivity (Wildman–Crippen MR) is 199 cm³/mol. The van der Waals surface area contributed by atoms with Crippen molar-refractivity contribution in [2.75, 3.05) is 35.5 Å². The maximum atomic E-state index is 13.7. The van der Waals surface area contributed by atoms with Crippen LogP contribution < -0.4 is 105 Å². The van der Waals surface area contributed by atoms with Crippen LogP contribution in [0.1, 0.15) is 31.8 Å². The molecule has 0 fully saturated rings. The first-order chi connectivity index (χ1) is 27.9.